The van der Waals surface area contributed by atoms with Crippen molar-refractivity contribution in [3.05, 3.63) is 77.4 Å². The summed E-state index contributed by atoms with van der Waals surface area (Å²) in [6.07, 6.45) is 6.73. The van der Waals surface area contributed by atoms with E-state index >= 15 is 0 Å². The molecule has 1 amide bonds. The molecule has 1 N–H and O–H groups in total. The molecule has 1 aliphatic rings. The summed E-state index contributed by atoms with van der Waals surface area (Å²) in [6.45, 7) is 0. The quantitative estimate of drug-likeness (QED) is 0.847. The van der Waals surface area contributed by atoms with Gasteiger partial charge in [-0.05, 0) is 42.0 Å². The Hall–Kier alpha value is -2.35. The molecule has 21 heavy (non-hydrogen) atoms. The van der Waals surface area contributed by atoms with Crippen LogP contribution in [0.15, 0.2) is 60.7 Å². The van der Waals surface area contributed by atoms with Gasteiger partial charge >= 0.3 is 0 Å². The van der Waals surface area contributed by atoms with Crippen LogP contribution in [0, 0.1) is 0 Å². The van der Waals surface area contributed by atoms with E-state index in [-0.39, 0.29) is 11.9 Å². The molecule has 3 rings (SSSR count). The van der Waals surface area contributed by atoms with Crippen LogP contribution in [0.25, 0.3) is 6.08 Å². The van der Waals surface area contributed by atoms with Gasteiger partial charge in [-0.25, -0.2) is 0 Å². The Kier molecular flexibility index (Phi) is 4.15. The average Bonchev–Trinajstić information content (AvgIpc) is 2.54. The number of carbonyl (C=O) groups is 1. The Morgan fingerprint density at radius 3 is 2.67 bits per heavy atom. The van der Waals surface area contributed by atoms with Crippen LogP contribution in [-0.4, -0.2) is 5.91 Å². The summed E-state index contributed by atoms with van der Waals surface area (Å²) in [5.41, 5.74) is 3.67. The fourth-order valence-electron chi connectivity index (χ4n) is 2.86. The van der Waals surface area contributed by atoms with Crippen molar-refractivity contribution in [1.82, 2.24) is 5.32 Å². The van der Waals surface area contributed by atoms with Gasteiger partial charge in [-0.2, -0.15) is 0 Å². The molecular weight excluding hydrogens is 258 g/mol. The van der Waals surface area contributed by atoms with E-state index in [1.54, 1.807) is 6.08 Å². The molecule has 0 fully saturated rings. The highest BCUT2D eigenvalue weighted by atomic mass is 16.1. The molecule has 0 radical (unpaired) electrons. The number of aryl methyl sites for hydroxylation is 1. The number of amides is 1. The first-order valence-corrected chi connectivity index (χ1v) is 7.44. The van der Waals surface area contributed by atoms with Gasteiger partial charge in [-0.3, -0.25) is 4.79 Å². The second kappa shape index (κ2) is 6.40. The zero-order chi connectivity index (χ0) is 14.5. The molecule has 2 heteroatoms. The summed E-state index contributed by atoms with van der Waals surface area (Å²) in [4.78, 5) is 12.1. The standard InChI is InChI=1S/C19H19NO/c21-19(14-13-15-7-2-1-3-8-15)20-18-12-6-10-16-9-4-5-11-17(16)18/h1-5,7-9,11,13-14,18H,6,10,12H2,(H,20,21)/b14-13+/t18-/m1/s1. The first kappa shape index (κ1) is 13.6. The smallest absolute Gasteiger partial charge is 0.244 e. The summed E-state index contributed by atoms with van der Waals surface area (Å²) in [6, 6.07) is 18.4. The third-order valence-corrected chi connectivity index (χ3v) is 3.91. The Bertz CT molecular complexity index is 646. The minimum Gasteiger partial charge on any atom is -0.346 e. The fourth-order valence-corrected chi connectivity index (χ4v) is 2.86. The number of nitrogens with one attached hydrogen (secondary N) is 1. The van der Waals surface area contributed by atoms with Crippen molar-refractivity contribution < 1.29 is 4.79 Å². The molecule has 2 nitrogen and oxygen atoms in total. The van der Waals surface area contributed by atoms with Crippen LogP contribution in [-0.2, 0) is 11.2 Å². The topological polar surface area (TPSA) is 29.1 Å². The highest BCUT2D eigenvalue weighted by Gasteiger charge is 2.20. The van der Waals surface area contributed by atoms with Gasteiger partial charge in [0.05, 0.1) is 6.04 Å². The SMILES string of the molecule is O=C(/C=C/c1ccccc1)N[C@@H]1CCCc2ccccc21. The summed E-state index contributed by atoms with van der Waals surface area (Å²) in [5, 5.41) is 3.12. The minimum absolute atomic E-state index is 0.0273. The van der Waals surface area contributed by atoms with Gasteiger partial charge < -0.3 is 5.32 Å². The van der Waals surface area contributed by atoms with Crippen LogP contribution in [0.3, 0.4) is 0 Å². The first-order valence-electron chi connectivity index (χ1n) is 7.44. The van der Waals surface area contributed by atoms with Crippen molar-refractivity contribution in [3.8, 4) is 0 Å². The van der Waals surface area contributed by atoms with Crippen LogP contribution < -0.4 is 5.32 Å². The predicted octanol–water partition coefficient (Wildman–Crippen LogP) is 3.89. The summed E-state index contributed by atoms with van der Waals surface area (Å²) < 4.78 is 0. The zero-order valence-electron chi connectivity index (χ0n) is 12.0. The van der Waals surface area contributed by atoms with E-state index in [2.05, 4.69) is 23.5 Å². The summed E-state index contributed by atoms with van der Waals surface area (Å²) in [7, 11) is 0. The molecule has 0 saturated carbocycles. The highest BCUT2D eigenvalue weighted by molar-refractivity contribution is 5.92. The van der Waals surface area contributed by atoms with E-state index in [4.69, 9.17) is 0 Å². The van der Waals surface area contributed by atoms with Crippen molar-refractivity contribution >= 4 is 12.0 Å². The molecule has 0 spiro atoms. The molecule has 0 bridgehead atoms. The lowest BCUT2D eigenvalue weighted by Crippen LogP contribution is -2.29. The van der Waals surface area contributed by atoms with Gasteiger partial charge in [0.15, 0.2) is 0 Å². The third-order valence-electron chi connectivity index (χ3n) is 3.91. The van der Waals surface area contributed by atoms with Crippen LogP contribution in [0.1, 0.15) is 35.6 Å². The van der Waals surface area contributed by atoms with Gasteiger partial charge in [-0.15, -0.1) is 0 Å². The Labute approximate surface area is 125 Å². The Balaban J connectivity index is 1.67. The Morgan fingerprint density at radius 2 is 1.81 bits per heavy atom. The van der Waals surface area contributed by atoms with Crippen LogP contribution in [0.5, 0.6) is 0 Å². The number of hydrogen-bond donors (Lipinski definition) is 1. The maximum Gasteiger partial charge on any atom is 0.244 e. The maximum absolute atomic E-state index is 12.1. The zero-order valence-corrected chi connectivity index (χ0v) is 12.0. The molecule has 1 atom stereocenters. The molecule has 1 aliphatic carbocycles. The number of benzene rings is 2. The molecule has 0 aliphatic heterocycles. The maximum atomic E-state index is 12.1. The van der Waals surface area contributed by atoms with Crippen LogP contribution >= 0.6 is 0 Å². The van der Waals surface area contributed by atoms with E-state index in [9.17, 15) is 4.79 Å². The number of carbonyl (C=O) groups excluding carboxylic acids is 1. The normalized spacial score (nSPS) is 17.4. The van der Waals surface area contributed by atoms with Crippen molar-refractivity contribution in [2.75, 3.05) is 0 Å². The molecule has 2 aromatic rings. The average molecular weight is 277 g/mol. The van der Waals surface area contributed by atoms with Gasteiger partial charge in [0, 0.05) is 6.08 Å². The molecule has 0 heterocycles. The van der Waals surface area contributed by atoms with Crippen molar-refractivity contribution in [2.45, 2.75) is 25.3 Å². The van der Waals surface area contributed by atoms with Crippen molar-refractivity contribution in [2.24, 2.45) is 0 Å². The molecule has 0 saturated heterocycles. The lowest BCUT2D eigenvalue weighted by atomic mass is 9.88. The Morgan fingerprint density at radius 1 is 1.05 bits per heavy atom. The number of hydrogen-bond acceptors (Lipinski definition) is 1. The van der Waals surface area contributed by atoms with Crippen molar-refractivity contribution in [1.29, 1.82) is 0 Å². The molecule has 0 unspecified atom stereocenters. The van der Waals surface area contributed by atoms with E-state index in [0.717, 1.165) is 24.8 Å². The predicted molar refractivity (Wildman–Crippen MR) is 85.7 cm³/mol. The molecule has 2 aromatic carbocycles. The van der Waals surface area contributed by atoms with Gasteiger partial charge in [0.25, 0.3) is 0 Å². The lowest BCUT2D eigenvalue weighted by molar-refractivity contribution is -0.117. The van der Waals surface area contributed by atoms with Crippen LogP contribution in [0.2, 0.25) is 0 Å². The fraction of sp³-hybridized carbons (Fsp3) is 0.211. The third kappa shape index (κ3) is 3.40. The monoisotopic (exact) mass is 277 g/mol. The summed E-state index contributed by atoms with van der Waals surface area (Å²) >= 11 is 0. The second-order valence-corrected chi connectivity index (χ2v) is 5.40. The van der Waals surface area contributed by atoms with Crippen molar-refractivity contribution in [3.63, 3.8) is 0 Å². The van der Waals surface area contributed by atoms with E-state index < -0.39 is 0 Å². The van der Waals surface area contributed by atoms with E-state index in [0.29, 0.717) is 0 Å². The number of fused-ring (bicyclic) bond motifs is 1. The van der Waals surface area contributed by atoms with E-state index in [1.807, 2.05) is 42.5 Å². The van der Waals surface area contributed by atoms with E-state index in [1.165, 1.54) is 11.1 Å². The molecular formula is C19H19NO. The largest absolute Gasteiger partial charge is 0.346 e. The minimum atomic E-state index is -0.0273. The van der Waals surface area contributed by atoms with Gasteiger partial charge in [0.2, 0.25) is 5.91 Å². The van der Waals surface area contributed by atoms with Gasteiger partial charge in [0.1, 0.15) is 0 Å². The molecule has 106 valence electrons. The molecule has 0 aromatic heterocycles. The van der Waals surface area contributed by atoms with Gasteiger partial charge in [-0.1, -0.05) is 54.6 Å². The number of rotatable bonds is 3. The summed E-state index contributed by atoms with van der Waals surface area (Å²) in [5.74, 6) is -0.0273. The first-order chi connectivity index (χ1) is 10.3. The highest BCUT2D eigenvalue weighted by Crippen LogP contribution is 2.29. The second-order valence-electron chi connectivity index (χ2n) is 5.40. The lowest BCUT2D eigenvalue weighted by Gasteiger charge is -2.25. The van der Waals surface area contributed by atoms with Crippen LogP contribution in [0.4, 0.5) is 0 Å².